The molecule has 0 aliphatic carbocycles. The van der Waals surface area contributed by atoms with Crippen LogP contribution in [0.25, 0.3) is 11.0 Å². The van der Waals surface area contributed by atoms with Crippen molar-refractivity contribution in [3.05, 3.63) is 58.3 Å². The van der Waals surface area contributed by atoms with E-state index in [2.05, 4.69) is 21.2 Å². The Bertz CT molecular complexity index is 928. The number of carbonyl (C=O) groups is 2. The van der Waals surface area contributed by atoms with Gasteiger partial charge in [0.2, 0.25) is 11.7 Å². The maximum atomic E-state index is 12.4. The van der Waals surface area contributed by atoms with Crippen LogP contribution in [-0.4, -0.2) is 11.9 Å². The van der Waals surface area contributed by atoms with Crippen molar-refractivity contribution in [1.29, 1.82) is 0 Å². The predicted molar refractivity (Wildman–Crippen MR) is 94.4 cm³/mol. The average Bonchev–Trinajstić information content (AvgIpc) is 2.86. The molecular weight excluding hydrogens is 374 g/mol. The highest BCUT2D eigenvalue weighted by Crippen LogP contribution is 2.29. The molecule has 122 valence electrons. The molecule has 1 N–H and O–H groups in total. The molecule has 0 aliphatic heterocycles. The van der Waals surface area contributed by atoms with Crippen molar-refractivity contribution in [2.45, 2.75) is 13.8 Å². The number of amides is 1. The van der Waals surface area contributed by atoms with Crippen molar-refractivity contribution >= 4 is 44.5 Å². The molecule has 0 saturated carbocycles. The summed E-state index contributed by atoms with van der Waals surface area (Å²) in [6, 6.07) is 12.1. The van der Waals surface area contributed by atoms with Gasteiger partial charge in [-0.3, -0.25) is 4.79 Å². The van der Waals surface area contributed by atoms with E-state index in [9.17, 15) is 9.59 Å². The number of benzene rings is 2. The second-order valence-corrected chi connectivity index (χ2v) is 6.21. The number of furan rings is 1. The molecular formula is C18H14BrNO4. The van der Waals surface area contributed by atoms with Crippen molar-refractivity contribution in [3.63, 3.8) is 0 Å². The summed E-state index contributed by atoms with van der Waals surface area (Å²) >= 11 is 3.40. The molecule has 0 unspecified atom stereocenters. The first kappa shape index (κ1) is 16.3. The first-order valence-corrected chi connectivity index (χ1v) is 8.02. The molecule has 1 aromatic heterocycles. The molecule has 0 radical (unpaired) electrons. The summed E-state index contributed by atoms with van der Waals surface area (Å²) in [5.74, 6) is -0.180. The van der Waals surface area contributed by atoms with Crippen LogP contribution < -0.4 is 10.1 Å². The zero-order valence-corrected chi connectivity index (χ0v) is 14.6. The minimum absolute atomic E-state index is 0.163. The minimum atomic E-state index is -0.563. The number of carbonyl (C=O) groups excluding carboxylic acids is 2. The van der Waals surface area contributed by atoms with E-state index >= 15 is 0 Å². The first-order valence-electron chi connectivity index (χ1n) is 7.22. The van der Waals surface area contributed by atoms with Crippen LogP contribution in [0, 0.1) is 6.92 Å². The molecule has 0 bridgehead atoms. The van der Waals surface area contributed by atoms with Crippen molar-refractivity contribution in [2.24, 2.45) is 0 Å². The number of nitrogens with one attached hydrogen (secondary N) is 1. The van der Waals surface area contributed by atoms with E-state index in [0.717, 1.165) is 15.4 Å². The normalized spacial score (nSPS) is 10.6. The van der Waals surface area contributed by atoms with Gasteiger partial charge in [-0.05, 0) is 49.4 Å². The van der Waals surface area contributed by atoms with Gasteiger partial charge in [-0.1, -0.05) is 15.9 Å². The van der Waals surface area contributed by atoms with Crippen LogP contribution in [0.1, 0.15) is 23.0 Å². The summed E-state index contributed by atoms with van der Waals surface area (Å²) in [6.45, 7) is 3.24. The Kier molecular flexibility index (Phi) is 4.40. The average molecular weight is 388 g/mol. The summed E-state index contributed by atoms with van der Waals surface area (Å²) in [5.41, 5.74) is 1.99. The lowest BCUT2D eigenvalue weighted by Crippen LogP contribution is -2.09. The van der Waals surface area contributed by atoms with Gasteiger partial charge in [0.25, 0.3) is 0 Å². The van der Waals surface area contributed by atoms with Crippen LogP contribution in [0.5, 0.6) is 5.75 Å². The summed E-state index contributed by atoms with van der Waals surface area (Å²) < 4.78 is 11.9. The Morgan fingerprint density at radius 2 is 1.83 bits per heavy atom. The molecule has 0 spiro atoms. The fraction of sp³-hybridized carbons (Fsp3) is 0.111. The van der Waals surface area contributed by atoms with Crippen molar-refractivity contribution in [3.8, 4) is 5.75 Å². The Labute approximate surface area is 146 Å². The van der Waals surface area contributed by atoms with E-state index in [1.165, 1.54) is 6.92 Å². The molecule has 3 rings (SSSR count). The second-order valence-electron chi connectivity index (χ2n) is 5.29. The van der Waals surface area contributed by atoms with Crippen LogP contribution in [0.15, 0.2) is 51.4 Å². The van der Waals surface area contributed by atoms with E-state index in [4.69, 9.17) is 9.15 Å². The molecule has 0 fully saturated rings. The third kappa shape index (κ3) is 3.33. The topological polar surface area (TPSA) is 68.5 Å². The van der Waals surface area contributed by atoms with Gasteiger partial charge in [-0.15, -0.1) is 0 Å². The van der Waals surface area contributed by atoms with E-state index in [-0.39, 0.29) is 11.7 Å². The monoisotopic (exact) mass is 387 g/mol. The van der Waals surface area contributed by atoms with E-state index in [1.807, 2.05) is 19.1 Å². The van der Waals surface area contributed by atoms with Crippen LogP contribution >= 0.6 is 15.9 Å². The lowest BCUT2D eigenvalue weighted by atomic mass is 10.1. The van der Waals surface area contributed by atoms with Crippen molar-refractivity contribution < 1.29 is 18.7 Å². The molecule has 0 atom stereocenters. The second kappa shape index (κ2) is 6.49. The lowest BCUT2D eigenvalue weighted by Gasteiger charge is -2.05. The quantitative estimate of drug-likeness (QED) is 0.523. The van der Waals surface area contributed by atoms with Crippen LogP contribution in [0.2, 0.25) is 0 Å². The summed E-state index contributed by atoms with van der Waals surface area (Å²) in [6.07, 6.45) is 0. The number of rotatable bonds is 3. The molecule has 24 heavy (non-hydrogen) atoms. The number of esters is 1. The third-order valence-corrected chi connectivity index (χ3v) is 3.96. The fourth-order valence-corrected chi connectivity index (χ4v) is 2.71. The van der Waals surface area contributed by atoms with Gasteiger partial charge in [0.1, 0.15) is 11.3 Å². The number of hydrogen-bond acceptors (Lipinski definition) is 4. The molecule has 1 amide bonds. The standard InChI is InChI=1S/C18H14BrNO4/c1-10-15-9-12(19)3-8-16(15)24-17(10)18(22)23-14-6-4-13(5-7-14)20-11(2)21/h3-9H,1-2H3,(H,20,21). The number of halogens is 1. The summed E-state index contributed by atoms with van der Waals surface area (Å²) in [5, 5.41) is 3.51. The van der Waals surface area contributed by atoms with E-state index in [0.29, 0.717) is 17.0 Å². The highest BCUT2D eigenvalue weighted by molar-refractivity contribution is 9.10. The Morgan fingerprint density at radius 3 is 2.50 bits per heavy atom. The molecule has 1 heterocycles. The predicted octanol–water partition coefficient (Wildman–Crippen LogP) is 4.68. The highest BCUT2D eigenvalue weighted by Gasteiger charge is 2.19. The summed E-state index contributed by atoms with van der Waals surface area (Å²) in [4.78, 5) is 23.4. The number of fused-ring (bicyclic) bond motifs is 1. The minimum Gasteiger partial charge on any atom is -0.449 e. The number of hydrogen-bond donors (Lipinski definition) is 1. The zero-order valence-electron chi connectivity index (χ0n) is 13.1. The lowest BCUT2D eigenvalue weighted by molar-refractivity contribution is -0.114. The van der Waals surface area contributed by atoms with Crippen LogP contribution in [0.3, 0.4) is 0 Å². The SMILES string of the molecule is CC(=O)Nc1ccc(OC(=O)c2oc3ccc(Br)cc3c2C)cc1. The van der Waals surface area contributed by atoms with Gasteiger partial charge < -0.3 is 14.5 Å². The Hall–Kier alpha value is -2.60. The third-order valence-electron chi connectivity index (χ3n) is 3.47. The van der Waals surface area contributed by atoms with Crippen LogP contribution in [-0.2, 0) is 4.79 Å². The molecule has 5 nitrogen and oxygen atoms in total. The van der Waals surface area contributed by atoms with Gasteiger partial charge in [-0.2, -0.15) is 0 Å². The molecule has 0 aliphatic rings. The smallest absolute Gasteiger partial charge is 0.379 e. The zero-order chi connectivity index (χ0) is 17.3. The van der Waals surface area contributed by atoms with E-state index in [1.54, 1.807) is 30.3 Å². The maximum absolute atomic E-state index is 12.4. The number of aryl methyl sites for hydroxylation is 1. The Balaban J connectivity index is 1.82. The summed E-state index contributed by atoms with van der Waals surface area (Å²) in [7, 11) is 0. The first-order chi connectivity index (χ1) is 11.4. The van der Waals surface area contributed by atoms with E-state index < -0.39 is 5.97 Å². The molecule has 6 heteroatoms. The largest absolute Gasteiger partial charge is 0.449 e. The number of ether oxygens (including phenoxy) is 1. The molecule has 2 aromatic carbocycles. The van der Waals surface area contributed by atoms with Gasteiger partial charge in [0, 0.05) is 28.0 Å². The van der Waals surface area contributed by atoms with Gasteiger partial charge in [0.05, 0.1) is 0 Å². The van der Waals surface area contributed by atoms with Crippen LogP contribution in [0.4, 0.5) is 5.69 Å². The fourth-order valence-electron chi connectivity index (χ4n) is 2.35. The molecule has 3 aromatic rings. The van der Waals surface area contributed by atoms with Crippen molar-refractivity contribution in [1.82, 2.24) is 0 Å². The van der Waals surface area contributed by atoms with Gasteiger partial charge in [-0.25, -0.2) is 4.79 Å². The van der Waals surface area contributed by atoms with Gasteiger partial charge in [0.15, 0.2) is 0 Å². The van der Waals surface area contributed by atoms with Crippen molar-refractivity contribution in [2.75, 3.05) is 5.32 Å². The maximum Gasteiger partial charge on any atom is 0.379 e. The number of anilines is 1. The highest BCUT2D eigenvalue weighted by atomic mass is 79.9. The van der Waals surface area contributed by atoms with Gasteiger partial charge >= 0.3 is 5.97 Å². The molecule has 0 saturated heterocycles. The Morgan fingerprint density at radius 1 is 1.12 bits per heavy atom.